The first-order valence-electron chi connectivity index (χ1n) is 13.2. The van der Waals surface area contributed by atoms with Crippen molar-refractivity contribution in [2.45, 2.75) is 25.7 Å². The fraction of sp³-hybridized carbons (Fsp3) is 0.393. The van der Waals surface area contributed by atoms with Gasteiger partial charge in [-0.05, 0) is 35.2 Å². The van der Waals surface area contributed by atoms with Gasteiger partial charge in [0.25, 0.3) is 0 Å². The van der Waals surface area contributed by atoms with Gasteiger partial charge in [0.1, 0.15) is 0 Å². The smallest absolute Gasteiger partial charge is 0.379 e. The molecule has 39 heavy (non-hydrogen) atoms. The Hall–Kier alpha value is -3.70. The summed E-state index contributed by atoms with van der Waals surface area (Å²) in [6, 6.07) is 13.6. The van der Waals surface area contributed by atoms with Gasteiger partial charge in [-0.2, -0.15) is 23.1 Å². The highest BCUT2D eigenvalue weighted by atomic mass is 19.4. The molecule has 2 aromatic heterocycles. The second-order valence-corrected chi connectivity index (χ2v) is 9.93. The van der Waals surface area contributed by atoms with Crippen LogP contribution in [0.25, 0.3) is 11.2 Å². The number of hydrogen-bond donors (Lipinski definition) is 1. The first-order chi connectivity index (χ1) is 18.9. The fourth-order valence-electron chi connectivity index (χ4n) is 5.13. The average molecular weight is 538 g/mol. The monoisotopic (exact) mass is 537 g/mol. The lowest BCUT2D eigenvalue weighted by Crippen LogP contribution is -2.39. The zero-order valence-corrected chi connectivity index (χ0v) is 21.5. The molecule has 0 aliphatic carbocycles. The zero-order chi connectivity index (χ0) is 26.8. The molecular weight excluding hydrogens is 507 g/mol. The van der Waals surface area contributed by atoms with Crippen molar-refractivity contribution in [2.24, 2.45) is 0 Å². The number of morpholine rings is 1. The van der Waals surface area contributed by atoms with Crippen molar-refractivity contribution in [3.05, 3.63) is 77.1 Å². The highest BCUT2D eigenvalue weighted by Gasteiger charge is 2.30. The van der Waals surface area contributed by atoms with Gasteiger partial charge >= 0.3 is 6.18 Å². The molecule has 6 rings (SSSR count). The van der Waals surface area contributed by atoms with Crippen LogP contribution in [0.15, 0.2) is 54.9 Å². The molecule has 4 aromatic rings. The van der Waals surface area contributed by atoms with Crippen molar-refractivity contribution in [3.63, 3.8) is 0 Å². The van der Waals surface area contributed by atoms with Crippen molar-refractivity contribution >= 4 is 22.9 Å². The van der Waals surface area contributed by atoms with Crippen molar-refractivity contribution in [1.29, 1.82) is 0 Å². The number of ether oxygens (including phenoxy) is 1. The molecule has 0 spiro atoms. The van der Waals surface area contributed by atoms with Crippen LogP contribution in [0.4, 0.5) is 24.9 Å². The van der Waals surface area contributed by atoms with E-state index in [1.54, 1.807) is 6.33 Å². The summed E-state index contributed by atoms with van der Waals surface area (Å²) < 4.78 is 46.4. The second kappa shape index (κ2) is 10.8. The molecule has 1 fully saturated rings. The molecule has 1 N–H and O–H groups in total. The first-order valence-corrected chi connectivity index (χ1v) is 13.2. The summed E-state index contributed by atoms with van der Waals surface area (Å²) in [7, 11) is 0. The lowest BCUT2D eigenvalue weighted by molar-refractivity contribution is -0.137. The molecule has 0 unspecified atom stereocenters. The molecule has 0 saturated carbocycles. The number of halogens is 3. The van der Waals surface area contributed by atoms with Crippen LogP contribution in [0.5, 0.6) is 0 Å². The van der Waals surface area contributed by atoms with Crippen LogP contribution in [-0.2, 0) is 30.4 Å². The summed E-state index contributed by atoms with van der Waals surface area (Å²) >= 11 is 0. The lowest BCUT2D eigenvalue weighted by atomic mass is 10.0. The van der Waals surface area contributed by atoms with E-state index in [2.05, 4.69) is 38.3 Å². The van der Waals surface area contributed by atoms with Crippen LogP contribution >= 0.6 is 0 Å². The van der Waals surface area contributed by atoms with E-state index in [1.807, 2.05) is 10.6 Å². The van der Waals surface area contributed by atoms with Crippen molar-refractivity contribution < 1.29 is 17.9 Å². The summed E-state index contributed by atoms with van der Waals surface area (Å²) in [4.78, 5) is 18.9. The normalized spacial score (nSPS) is 16.4. The molecular formula is C28H30F3N7O. The molecule has 2 aliphatic rings. The molecule has 4 heterocycles. The molecule has 8 nitrogen and oxygen atoms in total. The number of hydrogen-bond acceptors (Lipinski definition) is 7. The van der Waals surface area contributed by atoms with Crippen LogP contribution in [0.1, 0.15) is 22.3 Å². The molecule has 0 atom stereocenters. The van der Waals surface area contributed by atoms with Crippen LogP contribution in [0, 0.1) is 0 Å². The molecule has 2 aliphatic heterocycles. The average Bonchev–Trinajstić information content (AvgIpc) is 3.36. The number of imidazole rings is 1. The third-order valence-electron chi connectivity index (χ3n) is 7.32. The molecule has 204 valence electrons. The topological polar surface area (TPSA) is 71.3 Å². The second-order valence-electron chi connectivity index (χ2n) is 9.93. The summed E-state index contributed by atoms with van der Waals surface area (Å²) in [5, 5.41) is 3.47. The maximum absolute atomic E-state index is 13.0. The van der Waals surface area contributed by atoms with Gasteiger partial charge in [0.05, 0.1) is 31.6 Å². The minimum atomic E-state index is -4.36. The largest absolute Gasteiger partial charge is 0.416 e. The Morgan fingerprint density at radius 2 is 1.69 bits per heavy atom. The molecule has 0 amide bonds. The Bertz CT molecular complexity index is 1430. The predicted octanol–water partition coefficient (Wildman–Crippen LogP) is 4.20. The van der Waals surface area contributed by atoms with E-state index in [0.717, 1.165) is 63.5 Å². The standard InChI is InChI=1S/C28H30F3N7O/c29-28(30,31)23-7-5-20(6-8-23)17-38-19-33-24-25(32-10-12-36-13-15-39-16-14-36)34-27(35-26(24)38)37-11-9-21-3-1-2-4-22(21)18-37/h1-8,19H,9-18H2,(H,32,34,35). The van der Waals surface area contributed by atoms with Gasteiger partial charge in [-0.3, -0.25) is 4.90 Å². The number of benzene rings is 2. The Kier molecular flexibility index (Phi) is 7.09. The summed E-state index contributed by atoms with van der Waals surface area (Å²) in [5.74, 6) is 1.27. The van der Waals surface area contributed by atoms with Gasteiger partial charge in [-0.25, -0.2) is 4.98 Å². The van der Waals surface area contributed by atoms with Gasteiger partial charge in [-0.15, -0.1) is 0 Å². The highest BCUT2D eigenvalue weighted by Crippen LogP contribution is 2.30. The quantitative estimate of drug-likeness (QED) is 0.379. The Balaban J connectivity index is 1.29. The van der Waals surface area contributed by atoms with Crippen molar-refractivity contribution in [3.8, 4) is 0 Å². The lowest BCUT2D eigenvalue weighted by Gasteiger charge is -2.29. The maximum Gasteiger partial charge on any atom is 0.416 e. The molecule has 11 heteroatoms. The molecule has 0 radical (unpaired) electrons. The highest BCUT2D eigenvalue weighted by molar-refractivity contribution is 5.84. The van der Waals surface area contributed by atoms with Gasteiger partial charge < -0.3 is 19.5 Å². The number of rotatable bonds is 7. The van der Waals surface area contributed by atoms with E-state index in [1.165, 1.54) is 23.3 Å². The predicted molar refractivity (Wildman–Crippen MR) is 143 cm³/mol. The number of nitrogens with zero attached hydrogens (tertiary/aromatic N) is 6. The Morgan fingerprint density at radius 1 is 0.923 bits per heavy atom. The first kappa shape index (κ1) is 25.6. The van der Waals surface area contributed by atoms with Crippen LogP contribution in [-0.4, -0.2) is 70.4 Å². The number of fused-ring (bicyclic) bond motifs is 2. The van der Waals surface area contributed by atoms with E-state index >= 15 is 0 Å². The van der Waals surface area contributed by atoms with E-state index < -0.39 is 11.7 Å². The number of anilines is 2. The van der Waals surface area contributed by atoms with Crippen molar-refractivity contribution in [1.82, 2.24) is 24.4 Å². The van der Waals surface area contributed by atoms with Gasteiger partial charge in [0.15, 0.2) is 17.0 Å². The summed E-state index contributed by atoms with van der Waals surface area (Å²) in [5.41, 5.74) is 3.95. The SMILES string of the molecule is FC(F)(F)c1ccc(Cn2cnc3c(NCCN4CCOCC4)nc(N4CCc5ccccc5C4)nc32)cc1. The van der Waals surface area contributed by atoms with Gasteiger partial charge in [0, 0.05) is 39.3 Å². The molecule has 2 aromatic carbocycles. The zero-order valence-electron chi connectivity index (χ0n) is 21.5. The maximum atomic E-state index is 13.0. The number of alkyl halides is 3. The Morgan fingerprint density at radius 3 is 2.46 bits per heavy atom. The van der Waals surface area contributed by atoms with Crippen molar-refractivity contribution in [2.75, 3.05) is 56.2 Å². The van der Waals surface area contributed by atoms with Gasteiger partial charge in [-0.1, -0.05) is 36.4 Å². The molecule has 1 saturated heterocycles. The Labute approximate surface area is 224 Å². The fourth-order valence-corrected chi connectivity index (χ4v) is 5.13. The number of aromatic nitrogens is 4. The van der Waals surface area contributed by atoms with Crippen LogP contribution < -0.4 is 10.2 Å². The molecule has 0 bridgehead atoms. The minimum absolute atomic E-state index is 0.348. The van der Waals surface area contributed by atoms with E-state index in [0.29, 0.717) is 42.6 Å². The minimum Gasteiger partial charge on any atom is -0.379 e. The third-order valence-corrected chi connectivity index (χ3v) is 7.32. The van der Waals surface area contributed by atoms with Crippen LogP contribution in [0.2, 0.25) is 0 Å². The summed E-state index contributed by atoms with van der Waals surface area (Å²) in [6.07, 6.45) is -1.78. The van der Waals surface area contributed by atoms with E-state index in [-0.39, 0.29) is 0 Å². The van der Waals surface area contributed by atoms with Crippen LogP contribution in [0.3, 0.4) is 0 Å². The van der Waals surface area contributed by atoms with E-state index in [4.69, 9.17) is 14.7 Å². The number of nitrogens with one attached hydrogen (secondary N) is 1. The summed E-state index contributed by atoms with van der Waals surface area (Å²) in [6.45, 7) is 6.70. The van der Waals surface area contributed by atoms with E-state index in [9.17, 15) is 13.2 Å². The van der Waals surface area contributed by atoms with Gasteiger partial charge in [0.2, 0.25) is 5.95 Å². The third kappa shape index (κ3) is 5.69.